The fourth-order valence-corrected chi connectivity index (χ4v) is 1.05. The minimum Gasteiger partial charge on any atom is -0.464 e. The fraction of sp³-hybridized carbons (Fsp3) is 0.900. The number of methoxy groups -OCH3 is 1. The fourth-order valence-electron chi connectivity index (χ4n) is 1.05. The van der Waals surface area contributed by atoms with Crippen LogP contribution in [-0.2, 0) is 14.3 Å². The molecular formula is C10H20O4. The zero-order valence-electron chi connectivity index (χ0n) is 9.37. The third kappa shape index (κ3) is 3.64. The summed E-state index contributed by atoms with van der Waals surface area (Å²) in [6.07, 6.45) is 0.627. The number of carbonyl (C=O) groups excluding carboxylic acids is 1. The smallest absolute Gasteiger partial charge is 0.338 e. The van der Waals surface area contributed by atoms with Crippen LogP contribution in [-0.4, -0.2) is 37.0 Å². The predicted molar refractivity (Wildman–Crippen MR) is 52.9 cm³/mol. The number of aliphatic hydroxyl groups is 1. The molecule has 14 heavy (non-hydrogen) atoms. The molecule has 0 aliphatic carbocycles. The van der Waals surface area contributed by atoms with Crippen molar-refractivity contribution in [2.75, 3.05) is 20.3 Å². The molecule has 0 aliphatic rings. The first kappa shape index (κ1) is 13.4. The monoisotopic (exact) mass is 204 g/mol. The van der Waals surface area contributed by atoms with E-state index >= 15 is 0 Å². The second kappa shape index (κ2) is 5.98. The summed E-state index contributed by atoms with van der Waals surface area (Å²) in [7, 11) is 1.59. The molecular weight excluding hydrogens is 184 g/mol. The van der Waals surface area contributed by atoms with Gasteiger partial charge >= 0.3 is 5.97 Å². The molecule has 1 N–H and O–H groups in total. The van der Waals surface area contributed by atoms with Crippen LogP contribution < -0.4 is 0 Å². The highest BCUT2D eigenvalue weighted by molar-refractivity contribution is 5.79. The molecule has 0 rings (SSSR count). The van der Waals surface area contributed by atoms with Gasteiger partial charge < -0.3 is 14.6 Å². The van der Waals surface area contributed by atoms with E-state index < -0.39 is 11.6 Å². The molecule has 0 heterocycles. The van der Waals surface area contributed by atoms with E-state index in [1.54, 1.807) is 21.0 Å². The van der Waals surface area contributed by atoms with Crippen LogP contribution in [0.1, 0.15) is 27.2 Å². The summed E-state index contributed by atoms with van der Waals surface area (Å²) < 4.78 is 9.66. The lowest BCUT2D eigenvalue weighted by atomic mass is 9.88. The molecule has 0 saturated carbocycles. The summed E-state index contributed by atoms with van der Waals surface area (Å²) in [6, 6.07) is 0. The van der Waals surface area contributed by atoms with E-state index in [4.69, 9.17) is 9.47 Å². The van der Waals surface area contributed by atoms with Crippen LogP contribution in [0.2, 0.25) is 0 Å². The van der Waals surface area contributed by atoms with Crippen molar-refractivity contribution < 1.29 is 19.4 Å². The Bertz CT molecular complexity index is 177. The van der Waals surface area contributed by atoms with Crippen LogP contribution in [0.4, 0.5) is 0 Å². The molecule has 0 radical (unpaired) electrons. The summed E-state index contributed by atoms with van der Waals surface area (Å²) in [4.78, 5) is 11.4. The van der Waals surface area contributed by atoms with Gasteiger partial charge in [-0.05, 0) is 26.2 Å². The zero-order valence-corrected chi connectivity index (χ0v) is 9.37. The van der Waals surface area contributed by atoms with Gasteiger partial charge in [0.05, 0.1) is 6.61 Å². The number of ether oxygens (including phenoxy) is 2. The van der Waals surface area contributed by atoms with E-state index in [1.165, 1.54) is 6.92 Å². The molecule has 0 amide bonds. The largest absolute Gasteiger partial charge is 0.464 e. The molecule has 2 atom stereocenters. The lowest BCUT2D eigenvalue weighted by Crippen LogP contribution is -2.43. The summed E-state index contributed by atoms with van der Waals surface area (Å²) in [5, 5.41) is 9.88. The maximum atomic E-state index is 11.4. The third-order valence-electron chi connectivity index (χ3n) is 2.40. The minimum atomic E-state index is -1.42. The Hall–Kier alpha value is -0.610. The average Bonchev–Trinajstić information content (AvgIpc) is 2.14. The quantitative estimate of drug-likeness (QED) is 0.655. The van der Waals surface area contributed by atoms with Gasteiger partial charge in [-0.2, -0.15) is 0 Å². The Kier molecular flexibility index (Phi) is 5.72. The van der Waals surface area contributed by atoms with Crippen molar-refractivity contribution in [1.82, 2.24) is 0 Å². The molecule has 0 aromatic carbocycles. The number of hydrogen-bond donors (Lipinski definition) is 1. The molecule has 0 aromatic heterocycles. The lowest BCUT2D eigenvalue weighted by Gasteiger charge is -2.27. The third-order valence-corrected chi connectivity index (χ3v) is 2.40. The maximum absolute atomic E-state index is 11.4. The Morgan fingerprint density at radius 1 is 1.57 bits per heavy atom. The van der Waals surface area contributed by atoms with Gasteiger partial charge in [-0.3, -0.25) is 0 Å². The number of esters is 1. The van der Waals surface area contributed by atoms with Gasteiger partial charge in [0, 0.05) is 13.7 Å². The molecule has 84 valence electrons. The van der Waals surface area contributed by atoms with E-state index in [0.29, 0.717) is 13.0 Å². The van der Waals surface area contributed by atoms with Crippen LogP contribution in [0.5, 0.6) is 0 Å². The van der Waals surface area contributed by atoms with Gasteiger partial charge in [0.25, 0.3) is 0 Å². The topological polar surface area (TPSA) is 55.8 Å². The van der Waals surface area contributed by atoms with Crippen LogP contribution >= 0.6 is 0 Å². The SMILES string of the molecule is CCOC(=O)C(C)(O)C(C)CCOC. The molecule has 0 aromatic rings. The van der Waals surface area contributed by atoms with Crippen molar-refractivity contribution in [3.8, 4) is 0 Å². The van der Waals surface area contributed by atoms with Crippen LogP contribution in [0, 0.1) is 5.92 Å². The van der Waals surface area contributed by atoms with Gasteiger partial charge in [-0.25, -0.2) is 4.79 Å². The van der Waals surface area contributed by atoms with Gasteiger partial charge in [0.1, 0.15) is 0 Å². The first-order chi connectivity index (χ1) is 6.46. The Morgan fingerprint density at radius 2 is 2.14 bits per heavy atom. The van der Waals surface area contributed by atoms with Crippen molar-refractivity contribution in [3.63, 3.8) is 0 Å². The zero-order chi connectivity index (χ0) is 11.2. The van der Waals surface area contributed by atoms with E-state index in [1.807, 2.05) is 0 Å². The maximum Gasteiger partial charge on any atom is 0.338 e. The Morgan fingerprint density at radius 3 is 2.57 bits per heavy atom. The summed E-state index contributed by atoms with van der Waals surface area (Å²) in [5.74, 6) is -0.745. The molecule has 0 fully saturated rings. The Labute approximate surface area is 85.2 Å². The predicted octanol–water partition coefficient (Wildman–Crippen LogP) is 0.973. The average molecular weight is 204 g/mol. The standard InChI is InChI=1S/C10H20O4/c1-5-14-9(11)10(3,12)8(2)6-7-13-4/h8,12H,5-7H2,1-4H3. The second-order valence-electron chi connectivity index (χ2n) is 3.55. The van der Waals surface area contributed by atoms with E-state index in [2.05, 4.69) is 0 Å². The summed E-state index contributed by atoms with van der Waals surface area (Å²) in [6.45, 7) is 5.80. The van der Waals surface area contributed by atoms with Crippen LogP contribution in [0.3, 0.4) is 0 Å². The van der Waals surface area contributed by atoms with Crippen molar-refractivity contribution >= 4 is 5.97 Å². The van der Waals surface area contributed by atoms with Crippen molar-refractivity contribution in [2.45, 2.75) is 32.8 Å². The molecule has 0 saturated heterocycles. The highest BCUT2D eigenvalue weighted by Gasteiger charge is 2.37. The van der Waals surface area contributed by atoms with Gasteiger partial charge in [0.2, 0.25) is 0 Å². The van der Waals surface area contributed by atoms with Crippen LogP contribution in [0.15, 0.2) is 0 Å². The summed E-state index contributed by atoms with van der Waals surface area (Å²) >= 11 is 0. The molecule has 4 nitrogen and oxygen atoms in total. The highest BCUT2D eigenvalue weighted by atomic mass is 16.5. The van der Waals surface area contributed by atoms with Gasteiger partial charge in [0.15, 0.2) is 5.60 Å². The van der Waals surface area contributed by atoms with Crippen molar-refractivity contribution in [2.24, 2.45) is 5.92 Å². The number of carbonyl (C=O) groups is 1. The molecule has 0 spiro atoms. The molecule has 2 unspecified atom stereocenters. The highest BCUT2D eigenvalue weighted by Crippen LogP contribution is 2.21. The Balaban J connectivity index is 4.20. The molecule has 0 bridgehead atoms. The van der Waals surface area contributed by atoms with Gasteiger partial charge in [-0.1, -0.05) is 6.92 Å². The molecule has 4 heteroatoms. The first-order valence-electron chi connectivity index (χ1n) is 4.85. The van der Waals surface area contributed by atoms with Crippen molar-refractivity contribution in [1.29, 1.82) is 0 Å². The number of rotatable bonds is 6. The molecule has 0 aliphatic heterocycles. The normalized spacial score (nSPS) is 17.2. The second-order valence-corrected chi connectivity index (χ2v) is 3.55. The lowest BCUT2D eigenvalue weighted by molar-refractivity contribution is -0.168. The minimum absolute atomic E-state index is 0.179. The van der Waals surface area contributed by atoms with Crippen LogP contribution in [0.25, 0.3) is 0 Å². The summed E-state index contributed by atoms with van der Waals surface area (Å²) in [5.41, 5.74) is -1.42. The van der Waals surface area contributed by atoms with E-state index in [0.717, 1.165) is 0 Å². The van der Waals surface area contributed by atoms with E-state index in [-0.39, 0.29) is 12.5 Å². The van der Waals surface area contributed by atoms with Gasteiger partial charge in [-0.15, -0.1) is 0 Å². The van der Waals surface area contributed by atoms with Crippen molar-refractivity contribution in [3.05, 3.63) is 0 Å². The number of hydrogen-bond acceptors (Lipinski definition) is 4. The first-order valence-corrected chi connectivity index (χ1v) is 4.85. The van der Waals surface area contributed by atoms with E-state index in [9.17, 15) is 9.90 Å².